The Morgan fingerprint density at radius 1 is 1.06 bits per heavy atom. The van der Waals surface area contributed by atoms with Gasteiger partial charge in [0.15, 0.2) is 0 Å². The van der Waals surface area contributed by atoms with E-state index in [4.69, 9.17) is 15.9 Å². The molecule has 2 aromatic heterocycles. The van der Waals surface area contributed by atoms with Crippen molar-refractivity contribution in [3.05, 3.63) is 84.6 Å². The average Bonchev–Trinajstić information content (AvgIpc) is 3.84. The Balaban J connectivity index is 1.51. The van der Waals surface area contributed by atoms with Crippen LogP contribution in [-0.2, 0) is 25.5 Å². The molecule has 2 unspecified atom stereocenters. The lowest BCUT2D eigenvalue weighted by Gasteiger charge is -2.24. The summed E-state index contributed by atoms with van der Waals surface area (Å²) in [6, 6.07) is -0.522. The number of methoxy groups -OCH3 is 1. The predicted octanol–water partition coefficient (Wildman–Crippen LogP) is 4.79. The molecule has 6 atom stereocenters. The number of H-pyrrole nitrogens is 2. The molecule has 0 saturated carbocycles. The van der Waals surface area contributed by atoms with E-state index in [1.807, 2.05) is 13.0 Å². The van der Waals surface area contributed by atoms with Crippen molar-refractivity contribution in [2.45, 2.75) is 98.8 Å². The van der Waals surface area contributed by atoms with Crippen molar-refractivity contribution >= 4 is 29.7 Å². The van der Waals surface area contributed by atoms with Crippen LogP contribution in [0, 0.1) is 43.9 Å². The van der Waals surface area contributed by atoms with E-state index in [0.29, 0.717) is 23.3 Å². The van der Waals surface area contributed by atoms with Crippen LogP contribution in [0.15, 0.2) is 40.3 Å². The van der Waals surface area contributed by atoms with E-state index >= 15 is 0 Å². The maximum Gasteiger partial charge on any atom is 0.337 e. The minimum absolute atomic E-state index is 0.0332. The number of hydrogen-bond acceptors (Lipinski definition) is 7. The standard InChI is InChI=1S/C42H52N4O5/c1-10-13-21(4)16-17-51-35(47)15-14-28-24(7)31-18-29-22(5)26(11-2)33(43-29)19-30-23(6)27(12-3)34(44-30)20-32-25(8)36-40(46-32)37(39(28)45-31)38(41(36)48)42(49)50-9/h2,16,18-20,24,26,28,33,39,41,43-46,48H,10,12-15,17H2,1,3-9H3/b21-16-,30-19-,31-18-,34-20-/t24-,26+,28-,33?,39?,41+/m0/s1. The van der Waals surface area contributed by atoms with Crippen LogP contribution in [0.3, 0.4) is 0 Å². The molecule has 0 aromatic carbocycles. The molecule has 4 aliphatic rings. The molecule has 6 rings (SSSR count). The molecule has 1 aliphatic carbocycles. The smallest absolute Gasteiger partial charge is 0.337 e. The molecule has 0 spiro atoms. The Morgan fingerprint density at radius 2 is 1.82 bits per heavy atom. The van der Waals surface area contributed by atoms with E-state index < -0.39 is 18.1 Å². The summed E-state index contributed by atoms with van der Waals surface area (Å²) in [4.78, 5) is 33.8. The molecule has 9 heteroatoms. The fourth-order valence-corrected chi connectivity index (χ4v) is 8.59. The number of ether oxygens (including phenoxy) is 2. The van der Waals surface area contributed by atoms with Gasteiger partial charge in [0, 0.05) is 51.3 Å². The van der Waals surface area contributed by atoms with Gasteiger partial charge in [-0.3, -0.25) is 4.79 Å². The zero-order chi connectivity index (χ0) is 36.7. The number of aliphatic hydroxyl groups excluding tert-OH is 1. The van der Waals surface area contributed by atoms with Crippen molar-refractivity contribution in [2.75, 3.05) is 13.7 Å². The number of rotatable bonds is 9. The molecule has 9 nitrogen and oxygen atoms in total. The van der Waals surface area contributed by atoms with E-state index in [9.17, 15) is 14.7 Å². The minimum Gasteiger partial charge on any atom is -0.466 e. The summed E-state index contributed by atoms with van der Waals surface area (Å²) in [6.07, 6.45) is 16.9. The van der Waals surface area contributed by atoms with Gasteiger partial charge in [-0.25, -0.2) is 4.79 Å². The number of nitrogens with one attached hydrogen (secondary N) is 4. The maximum absolute atomic E-state index is 13.5. The van der Waals surface area contributed by atoms with Crippen LogP contribution in [0.2, 0.25) is 0 Å². The van der Waals surface area contributed by atoms with Gasteiger partial charge in [-0.1, -0.05) is 38.7 Å². The van der Waals surface area contributed by atoms with E-state index in [0.717, 1.165) is 58.2 Å². The number of fused-ring (bicyclic) bond motifs is 8. The highest BCUT2D eigenvalue weighted by Crippen LogP contribution is 2.50. The third-order valence-corrected chi connectivity index (χ3v) is 11.5. The summed E-state index contributed by atoms with van der Waals surface area (Å²) in [7, 11) is 1.34. The van der Waals surface area contributed by atoms with Crippen LogP contribution in [0.4, 0.5) is 0 Å². The van der Waals surface area contributed by atoms with E-state index in [2.05, 4.69) is 86.3 Å². The lowest BCUT2D eigenvalue weighted by Crippen LogP contribution is -2.31. The maximum atomic E-state index is 13.5. The first-order valence-corrected chi connectivity index (χ1v) is 18.3. The van der Waals surface area contributed by atoms with Crippen LogP contribution >= 0.6 is 0 Å². The first-order valence-electron chi connectivity index (χ1n) is 18.3. The molecule has 0 radical (unpaired) electrons. The quantitative estimate of drug-likeness (QED) is 0.145. The van der Waals surface area contributed by atoms with Crippen molar-refractivity contribution in [3.8, 4) is 12.3 Å². The molecular weight excluding hydrogens is 640 g/mol. The van der Waals surface area contributed by atoms with Gasteiger partial charge in [0.25, 0.3) is 0 Å². The molecule has 5 heterocycles. The second-order valence-electron chi connectivity index (χ2n) is 14.5. The highest BCUT2D eigenvalue weighted by molar-refractivity contribution is 6.03. The van der Waals surface area contributed by atoms with Gasteiger partial charge >= 0.3 is 11.9 Å². The van der Waals surface area contributed by atoms with E-state index in [1.54, 1.807) is 0 Å². The number of carbonyl (C=O) groups excluding carboxylic acids is 2. The highest BCUT2D eigenvalue weighted by Gasteiger charge is 2.47. The Morgan fingerprint density at radius 3 is 2.51 bits per heavy atom. The van der Waals surface area contributed by atoms with Crippen LogP contribution in [-0.4, -0.2) is 52.8 Å². The SMILES string of the molecule is C#C[C@@H]1C(C)=C2/C=C3\NC(C4=C(C(=O)OC)[C@H](O)c5c4[nH]c(c5C)/C=c4\[nH]/c(c(C)c4CC)=C\C1N2)[C@@H](CCC(=O)OC/C=C(/C)CCC)[C@@H]3C. The summed E-state index contributed by atoms with van der Waals surface area (Å²) < 4.78 is 10.9. The Labute approximate surface area is 301 Å². The van der Waals surface area contributed by atoms with Crippen LogP contribution < -0.4 is 21.3 Å². The Bertz CT molecular complexity index is 2050. The number of aromatic amines is 2. The van der Waals surface area contributed by atoms with E-state index in [1.165, 1.54) is 23.8 Å². The topological polar surface area (TPSA) is 128 Å². The summed E-state index contributed by atoms with van der Waals surface area (Å²) in [5, 5.41) is 21.3. The van der Waals surface area contributed by atoms with Gasteiger partial charge in [-0.05, 0) is 99.4 Å². The molecule has 3 aliphatic heterocycles. The lowest BCUT2D eigenvalue weighted by molar-refractivity contribution is -0.143. The largest absolute Gasteiger partial charge is 0.466 e. The second-order valence-corrected chi connectivity index (χ2v) is 14.5. The normalized spacial score (nSPS) is 27.5. The highest BCUT2D eigenvalue weighted by atomic mass is 16.5. The van der Waals surface area contributed by atoms with Crippen molar-refractivity contribution in [3.63, 3.8) is 0 Å². The number of carbonyl (C=O) groups is 2. The number of terminal acetylenes is 1. The molecular formula is C42H52N4O5. The fraction of sp³-hybridized carbons (Fsp3) is 0.476. The average molecular weight is 693 g/mol. The summed E-state index contributed by atoms with van der Waals surface area (Å²) in [5.74, 6) is 1.88. The summed E-state index contributed by atoms with van der Waals surface area (Å²) >= 11 is 0. The monoisotopic (exact) mass is 692 g/mol. The molecule has 270 valence electrons. The van der Waals surface area contributed by atoms with Crippen LogP contribution in [0.5, 0.6) is 0 Å². The summed E-state index contributed by atoms with van der Waals surface area (Å²) in [6.45, 7) is 14.9. The van der Waals surface area contributed by atoms with Gasteiger partial charge in [0.1, 0.15) is 12.7 Å². The molecule has 1 saturated heterocycles. The lowest BCUT2D eigenvalue weighted by atomic mass is 9.82. The van der Waals surface area contributed by atoms with Crippen LogP contribution in [0.1, 0.15) is 100 Å². The number of aliphatic hydroxyl groups is 1. The number of esters is 2. The first-order chi connectivity index (χ1) is 24.4. The molecule has 0 amide bonds. The van der Waals surface area contributed by atoms with Crippen molar-refractivity contribution < 1.29 is 24.2 Å². The van der Waals surface area contributed by atoms with Gasteiger partial charge in [-0.2, -0.15) is 0 Å². The molecule has 2 aromatic rings. The fourth-order valence-electron chi connectivity index (χ4n) is 8.59. The van der Waals surface area contributed by atoms with E-state index in [-0.39, 0.29) is 48.4 Å². The zero-order valence-corrected chi connectivity index (χ0v) is 31.2. The zero-order valence-electron chi connectivity index (χ0n) is 31.2. The predicted molar refractivity (Wildman–Crippen MR) is 200 cm³/mol. The van der Waals surface area contributed by atoms with Gasteiger partial charge in [0.05, 0.1) is 36.4 Å². The van der Waals surface area contributed by atoms with Crippen LogP contribution in [0.25, 0.3) is 17.7 Å². The van der Waals surface area contributed by atoms with Crippen molar-refractivity contribution in [1.82, 2.24) is 20.6 Å². The minimum atomic E-state index is -1.17. The van der Waals surface area contributed by atoms with Gasteiger partial charge in [-0.15, -0.1) is 6.42 Å². The molecule has 51 heavy (non-hydrogen) atoms. The Hall–Kier alpha value is -4.68. The Kier molecular flexibility index (Phi) is 10.3. The van der Waals surface area contributed by atoms with Crippen molar-refractivity contribution in [1.29, 1.82) is 0 Å². The molecule has 8 bridgehead atoms. The number of aromatic nitrogens is 2. The van der Waals surface area contributed by atoms with Gasteiger partial charge < -0.3 is 35.2 Å². The molecule has 5 N–H and O–H groups in total. The summed E-state index contributed by atoms with van der Waals surface area (Å²) in [5.41, 5.74) is 10.5. The third-order valence-electron chi connectivity index (χ3n) is 11.5. The van der Waals surface area contributed by atoms with Crippen molar-refractivity contribution in [2.24, 2.45) is 17.8 Å². The number of hydrogen-bond donors (Lipinski definition) is 5. The second kappa shape index (κ2) is 14.5. The first kappa shape index (κ1) is 36.1. The third kappa shape index (κ3) is 6.40. The number of allylic oxidation sites excluding steroid dienone is 3. The molecule has 1 fully saturated rings. The van der Waals surface area contributed by atoms with Gasteiger partial charge in [0.2, 0.25) is 0 Å².